The van der Waals surface area contributed by atoms with E-state index in [2.05, 4.69) is 28.6 Å². The third-order valence-electron chi connectivity index (χ3n) is 5.85. The Labute approximate surface area is 130 Å². The van der Waals surface area contributed by atoms with Gasteiger partial charge in [-0.2, -0.15) is 0 Å². The second kappa shape index (κ2) is 5.10. The lowest BCUT2D eigenvalue weighted by Crippen LogP contribution is -2.42. The number of carbonyl (C=O) groups excluding carboxylic acids is 1. The van der Waals surface area contributed by atoms with Crippen LogP contribution in [0.3, 0.4) is 0 Å². The van der Waals surface area contributed by atoms with Gasteiger partial charge >= 0.3 is 0 Å². The van der Waals surface area contributed by atoms with Crippen LogP contribution in [0.25, 0.3) is 0 Å². The molecule has 1 aliphatic carbocycles. The number of amides is 1. The van der Waals surface area contributed by atoms with Gasteiger partial charge in [-0.1, -0.05) is 6.92 Å². The van der Waals surface area contributed by atoms with E-state index >= 15 is 0 Å². The maximum atomic E-state index is 13.0. The molecule has 1 saturated heterocycles. The number of nitrogens with zero attached hydrogens (tertiary/aromatic N) is 1. The van der Waals surface area contributed by atoms with Gasteiger partial charge in [-0.15, -0.1) is 11.3 Å². The average Bonchev–Trinajstić information content (AvgIpc) is 2.99. The molecule has 4 rings (SSSR count). The molecule has 1 N–H and O–H groups in total. The minimum atomic E-state index is 0.314. The van der Waals surface area contributed by atoms with Gasteiger partial charge in [-0.3, -0.25) is 4.79 Å². The summed E-state index contributed by atoms with van der Waals surface area (Å²) in [4.78, 5) is 16.7. The van der Waals surface area contributed by atoms with Gasteiger partial charge in [-0.05, 0) is 67.6 Å². The van der Waals surface area contributed by atoms with Gasteiger partial charge in [0.05, 0.1) is 6.04 Å². The fraction of sp³-hybridized carbons (Fsp3) is 0.706. The van der Waals surface area contributed by atoms with Crippen molar-refractivity contribution in [2.24, 2.45) is 11.3 Å². The highest BCUT2D eigenvalue weighted by atomic mass is 32.1. The van der Waals surface area contributed by atoms with Gasteiger partial charge in [0.2, 0.25) is 5.91 Å². The zero-order valence-corrected chi connectivity index (χ0v) is 13.5. The van der Waals surface area contributed by atoms with Crippen molar-refractivity contribution >= 4 is 17.2 Å². The molecule has 1 spiro atoms. The summed E-state index contributed by atoms with van der Waals surface area (Å²) in [7, 11) is 0. The SMILES string of the molecule is CCC1c2ccsc2CCN1C(=O)C1CC12CCNCC2. The second-order valence-electron chi connectivity index (χ2n) is 6.87. The number of rotatable bonds is 2. The molecule has 1 saturated carbocycles. The molecule has 3 aliphatic rings. The predicted molar refractivity (Wildman–Crippen MR) is 85.4 cm³/mol. The molecular weight excluding hydrogens is 280 g/mol. The first kappa shape index (κ1) is 13.8. The fourth-order valence-electron chi connectivity index (χ4n) is 4.47. The van der Waals surface area contributed by atoms with Crippen LogP contribution in [0.15, 0.2) is 11.4 Å². The monoisotopic (exact) mass is 304 g/mol. The molecule has 114 valence electrons. The van der Waals surface area contributed by atoms with Crippen LogP contribution in [0.4, 0.5) is 0 Å². The Morgan fingerprint density at radius 2 is 2.29 bits per heavy atom. The summed E-state index contributed by atoms with van der Waals surface area (Å²) < 4.78 is 0. The topological polar surface area (TPSA) is 32.3 Å². The highest BCUT2D eigenvalue weighted by Gasteiger charge is 2.59. The molecule has 3 heterocycles. The molecular formula is C17H24N2OS. The van der Waals surface area contributed by atoms with Crippen LogP contribution >= 0.6 is 11.3 Å². The summed E-state index contributed by atoms with van der Waals surface area (Å²) in [5, 5.41) is 5.61. The van der Waals surface area contributed by atoms with Crippen LogP contribution in [0.1, 0.15) is 49.1 Å². The molecule has 0 radical (unpaired) electrons. The predicted octanol–water partition coefficient (Wildman–Crippen LogP) is 2.97. The van der Waals surface area contributed by atoms with Crippen molar-refractivity contribution in [3.05, 3.63) is 21.9 Å². The van der Waals surface area contributed by atoms with Crippen molar-refractivity contribution in [1.82, 2.24) is 10.2 Å². The minimum Gasteiger partial charge on any atom is -0.335 e. The van der Waals surface area contributed by atoms with Gasteiger partial charge in [-0.25, -0.2) is 0 Å². The third kappa shape index (κ3) is 2.15. The van der Waals surface area contributed by atoms with E-state index in [-0.39, 0.29) is 0 Å². The first-order valence-electron chi connectivity index (χ1n) is 8.32. The van der Waals surface area contributed by atoms with Crippen molar-refractivity contribution in [1.29, 1.82) is 0 Å². The molecule has 1 amide bonds. The van der Waals surface area contributed by atoms with Crippen molar-refractivity contribution in [2.75, 3.05) is 19.6 Å². The van der Waals surface area contributed by atoms with E-state index < -0.39 is 0 Å². The molecule has 2 atom stereocenters. The van der Waals surface area contributed by atoms with Crippen molar-refractivity contribution in [2.45, 2.75) is 45.1 Å². The van der Waals surface area contributed by atoms with Gasteiger partial charge in [0.25, 0.3) is 0 Å². The van der Waals surface area contributed by atoms with Crippen LogP contribution < -0.4 is 5.32 Å². The van der Waals surface area contributed by atoms with E-state index in [1.807, 2.05) is 11.3 Å². The van der Waals surface area contributed by atoms with Gasteiger partial charge in [0.1, 0.15) is 0 Å². The molecule has 2 unspecified atom stereocenters. The molecule has 21 heavy (non-hydrogen) atoms. The third-order valence-corrected chi connectivity index (χ3v) is 6.85. The highest BCUT2D eigenvalue weighted by molar-refractivity contribution is 7.10. The Morgan fingerprint density at radius 1 is 1.48 bits per heavy atom. The first-order chi connectivity index (χ1) is 10.2. The number of hydrogen-bond acceptors (Lipinski definition) is 3. The maximum Gasteiger partial charge on any atom is 0.226 e. The number of piperidine rings is 1. The molecule has 0 aromatic carbocycles. The molecule has 4 heteroatoms. The van der Waals surface area contributed by atoms with E-state index in [9.17, 15) is 4.79 Å². The van der Waals surface area contributed by atoms with Gasteiger partial charge in [0.15, 0.2) is 0 Å². The lowest BCUT2D eigenvalue weighted by molar-refractivity contribution is -0.136. The van der Waals surface area contributed by atoms with E-state index in [0.29, 0.717) is 23.3 Å². The lowest BCUT2D eigenvalue weighted by atomic mass is 9.90. The molecule has 2 fully saturated rings. The number of nitrogens with one attached hydrogen (secondary N) is 1. The lowest BCUT2D eigenvalue weighted by Gasteiger charge is -2.36. The maximum absolute atomic E-state index is 13.0. The largest absolute Gasteiger partial charge is 0.335 e. The van der Waals surface area contributed by atoms with Crippen LogP contribution in [0.2, 0.25) is 0 Å². The van der Waals surface area contributed by atoms with E-state index in [4.69, 9.17) is 0 Å². The Kier molecular flexibility index (Phi) is 3.34. The average molecular weight is 304 g/mol. The minimum absolute atomic E-state index is 0.314. The van der Waals surface area contributed by atoms with Gasteiger partial charge in [0, 0.05) is 17.3 Å². The molecule has 1 aromatic rings. The van der Waals surface area contributed by atoms with Crippen molar-refractivity contribution < 1.29 is 4.79 Å². The van der Waals surface area contributed by atoms with Crippen LogP contribution in [0, 0.1) is 11.3 Å². The molecule has 2 aliphatic heterocycles. The number of carbonyl (C=O) groups is 1. The van der Waals surface area contributed by atoms with Crippen LogP contribution in [-0.2, 0) is 11.2 Å². The van der Waals surface area contributed by atoms with Crippen LogP contribution in [0.5, 0.6) is 0 Å². The highest BCUT2D eigenvalue weighted by Crippen LogP contribution is 2.59. The number of hydrogen-bond donors (Lipinski definition) is 1. The number of fused-ring (bicyclic) bond motifs is 1. The van der Waals surface area contributed by atoms with Crippen molar-refractivity contribution in [3.63, 3.8) is 0 Å². The zero-order chi connectivity index (χ0) is 14.4. The summed E-state index contributed by atoms with van der Waals surface area (Å²) >= 11 is 1.86. The van der Waals surface area contributed by atoms with E-state index in [0.717, 1.165) is 38.9 Å². The smallest absolute Gasteiger partial charge is 0.226 e. The zero-order valence-electron chi connectivity index (χ0n) is 12.7. The Hall–Kier alpha value is -0.870. The standard InChI is InChI=1S/C17H24N2OS/c1-2-14-12-4-10-21-15(12)3-9-19(14)16(20)13-11-17(13)5-7-18-8-6-17/h4,10,13-14,18H,2-3,5-9,11H2,1H3. The Morgan fingerprint density at radius 3 is 3.05 bits per heavy atom. The second-order valence-corrected chi connectivity index (χ2v) is 7.87. The fourth-order valence-corrected chi connectivity index (χ4v) is 5.40. The summed E-state index contributed by atoms with van der Waals surface area (Å²) in [6.45, 7) is 5.33. The summed E-state index contributed by atoms with van der Waals surface area (Å²) in [5.41, 5.74) is 1.78. The Bertz CT molecular complexity index is 547. The first-order valence-corrected chi connectivity index (χ1v) is 9.20. The number of thiophene rings is 1. The molecule has 0 bridgehead atoms. The quantitative estimate of drug-likeness (QED) is 0.911. The van der Waals surface area contributed by atoms with Crippen molar-refractivity contribution in [3.8, 4) is 0 Å². The summed E-state index contributed by atoms with van der Waals surface area (Å²) in [6.07, 6.45) is 5.61. The van der Waals surface area contributed by atoms with Crippen LogP contribution in [-0.4, -0.2) is 30.4 Å². The Balaban J connectivity index is 1.53. The van der Waals surface area contributed by atoms with E-state index in [1.54, 1.807) is 0 Å². The molecule has 3 nitrogen and oxygen atoms in total. The summed E-state index contributed by atoms with van der Waals surface area (Å²) in [6, 6.07) is 2.56. The summed E-state index contributed by atoms with van der Waals surface area (Å²) in [5.74, 6) is 0.759. The van der Waals surface area contributed by atoms with E-state index in [1.165, 1.54) is 23.3 Å². The normalized spacial score (nSPS) is 30.2. The van der Waals surface area contributed by atoms with Gasteiger partial charge < -0.3 is 10.2 Å². The molecule has 1 aromatic heterocycles.